The summed E-state index contributed by atoms with van der Waals surface area (Å²) in [6.45, 7) is 3.71. The number of halogens is 1. The molecule has 0 spiro atoms. The van der Waals surface area contributed by atoms with E-state index in [2.05, 4.69) is 31.2 Å². The third-order valence-electron chi connectivity index (χ3n) is 3.64. The third kappa shape index (κ3) is 4.51. The van der Waals surface area contributed by atoms with Crippen molar-refractivity contribution in [2.45, 2.75) is 38.6 Å². The number of hydrogen-bond acceptors (Lipinski definition) is 2. The van der Waals surface area contributed by atoms with Gasteiger partial charge >= 0.3 is 0 Å². The first-order chi connectivity index (χ1) is 8.69. The van der Waals surface area contributed by atoms with Crippen molar-refractivity contribution in [2.75, 3.05) is 13.1 Å². The Kier molecular flexibility index (Phi) is 6.32. The average molecular weight is 283 g/mol. The molecule has 0 bridgehead atoms. The van der Waals surface area contributed by atoms with E-state index in [4.69, 9.17) is 5.73 Å². The highest BCUT2D eigenvalue weighted by Crippen LogP contribution is 2.12. The Morgan fingerprint density at radius 2 is 1.95 bits per heavy atom. The van der Waals surface area contributed by atoms with Gasteiger partial charge in [-0.1, -0.05) is 31.2 Å². The van der Waals surface area contributed by atoms with Crippen LogP contribution in [0.5, 0.6) is 0 Å². The minimum absolute atomic E-state index is 0. The summed E-state index contributed by atoms with van der Waals surface area (Å²) in [6, 6.07) is 8.72. The molecule has 1 heterocycles. The van der Waals surface area contributed by atoms with Gasteiger partial charge in [-0.25, -0.2) is 0 Å². The van der Waals surface area contributed by atoms with Crippen molar-refractivity contribution < 1.29 is 4.79 Å². The number of amides is 1. The molecule has 1 amide bonds. The summed E-state index contributed by atoms with van der Waals surface area (Å²) < 4.78 is 0. The number of carbonyl (C=O) groups is 1. The molecule has 0 aromatic heterocycles. The van der Waals surface area contributed by atoms with Crippen molar-refractivity contribution in [1.82, 2.24) is 4.90 Å². The molecule has 0 radical (unpaired) electrons. The van der Waals surface area contributed by atoms with E-state index < -0.39 is 0 Å². The second-order valence-corrected chi connectivity index (χ2v) is 5.06. The molecule has 3 nitrogen and oxygen atoms in total. The quantitative estimate of drug-likeness (QED) is 0.920. The van der Waals surface area contributed by atoms with Crippen LogP contribution < -0.4 is 5.73 Å². The normalized spacial score (nSPS) is 18.2. The van der Waals surface area contributed by atoms with Gasteiger partial charge in [0, 0.05) is 25.6 Å². The zero-order valence-electron chi connectivity index (χ0n) is 11.5. The molecule has 1 aromatic rings. The highest BCUT2D eigenvalue weighted by molar-refractivity contribution is 5.85. The Morgan fingerprint density at radius 3 is 2.47 bits per heavy atom. The number of hydrogen-bond donors (Lipinski definition) is 1. The molecule has 2 N–H and O–H groups in total. The maximum absolute atomic E-state index is 12.0. The Morgan fingerprint density at radius 1 is 1.32 bits per heavy atom. The Bertz CT molecular complexity index is 405. The van der Waals surface area contributed by atoms with Gasteiger partial charge in [0.1, 0.15) is 0 Å². The first-order valence-corrected chi connectivity index (χ1v) is 6.80. The van der Waals surface area contributed by atoms with Gasteiger partial charge in [0.05, 0.1) is 0 Å². The van der Waals surface area contributed by atoms with Crippen molar-refractivity contribution in [3.05, 3.63) is 35.4 Å². The maximum Gasteiger partial charge on any atom is 0.222 e. The molecule has 1 aromatic carbocycles. The maximum atomic E-state index is 12.0. The predicted octanol–water partition coefficient (Wildman–Crippen LogP) is 2.16. The highest BCUT2D eigenvalue weighted by Gasteiger charge is 2.22. The Balaban J connectivity index is 0.00000180. The van der Waals surface area contributed by atoms with E-state index in [1.165, 1.54) is 11.1 Å². The second kappa shape index (κ2) is 7.51. The molecule has 1 saturated heterocycles. The number of nitrogens with zero attached hydrogens (tertiary/aromatic N) is 1. The van der Waals surface area contributed by atoms with E-state index in [1.54, 1.807) is 0 Å². The van der Waals surface area contributed by atoms with Crippen LogP contribution in [0.1, 0.15) is 30.9 Å². The fraction of sp³-hybridized carbons (Fsp3) is 0.533. The number of likely N-dealkylation sites (tertiary alicyclic amines) is 1. The van der Waals surface area contributed by atoms with Gasteiger partial charge in [-0.15, -0.1) is 12.4 Å². The van der Waals surface area contributed by atoms with Crippen LogP contribution in [-0.2, 0) is 17.6 Å². The number of aryl methyl sites for hydroxylation is 2. The van der Waals surface area contributed by atoms with Crippen molar-refractivity contribution >= 4 is 18.3 Å². The summed E-state index contributed by atoms with van der Waals surface area (Å²) in [7, 11) is 0. The first kappa shape index (κ1) is 16.0. The molecule has 19 heavy (non-hydrogen) atoms. The molecule has 1 atom stereocenters. The Hall–Kier alpha value is -1.06. The standard InChI is InChI=1S/C15H22N2O.ClH/c1-2-12-3-5-13(6-4-12)7-8-15(18)17-10-9-14(16)11-17;/h3-6,14H,2,7-11,16H2,1H3;1H/t14-;/m1./s1. The molecule has 0 aliphatic carbocycles. The predicted molar refractivity (Wildman–Crippen MR) is 80.6 cm³/mol. The second-order valence-electron chi connectivity index (χ2n) is 5.06. The molecule has 1 aliphatic heterocycles. The van der Waals surface area contributed by atoms with Gasteiger partial charge in [0.2, 0.25) is 5.91 Å². The minimum atomic E-state index is 0. The van der Waals surface area contributed by atoms with Gasteiger partial charge in [-0.3, -0.25) is 4.79 Å². The SMILES string of the molecule is CCc1ccc(CCC(=O)N2CC[C@@H](N)C2)cc1.Cl. The van der Waals surface area contributed by atoms with Crippen LogP contribution in [0, 0.1) is 0 Å². The monoisotopic (exact) mass is 282 g/mol. The van der Waals surface area contributed by atoms with E-state index >= 15 is 0 Å². The molecule has 0 saturated carbocycles. The third-order valence-corrected chi connectivity index (χ3v) is 3.64. The van der Waals surface area contributed by atoms with Gasteiger partial charge in [0.25, 0.3) is 0 Å². The summed E-state index contributed by atoms with van der Waals surface area (Å²) in [5, 5.41) is 0. The minimum Gasteiger partial charge on any atom is -0.341 e. The number of carbonyl (C=O) groups excluding carboxylic acids is 1. The fourth-order valence-electron chi connectivity index (χ4n) is 2.36. The lowest BCUT2D eigenvalue weighted by Gasteiger charge is -2.15. The topological polar surface area (TPSA) is 46.3 Å². The summed E-state index contributed by atoms with van der Waals surface area (Å²) in [5.74, 6) is 0.238. The smallest absolute Gasteiger partial charge is 0.222 e. The zero-order valence-corrected chi connectivity index (χ0v) is 12.3. The molecule has 1 aliphatic rings. The van der Waals surface area contributed by atoms with Crippen molar-refractivity contribution in [3.8, 4) is 0 Å². The number of rotatable bonds is 4. The van der Waals surface area contributed by atoms with E-state index in [0.29, 0.717) is 6.42 Å². The van der Waals surface area contributed by atoms with Crippen LogP contribution in [0.2, 0.25) is 0 Å². The van der Waals surface area contributed by atoms with Crippen molar-refractivity contribution in [1.29, 1.82) is 0 Å². The van der Waals surface area contributed by atoms with Crippen LogP contribution >= 0.6 is 12.4 Å². The molecule has 1 fully saturated rings. The molecular formula is C15H23ClN2O. The largest absolute Gasteiger partial charge is 0.341 e. The first-order valence-electron chi connectivity index (χ1n) is 6.80. The average Bonchev–Trinajstić information content (AvgIpc) is 2.83. The van der Waals surface area contributed by atoms with E-state index in [1.807, 2.05) is 4.90 Å². The van der Waals surface area contributed by atoms with Gasteiger partial charge < -0.3 is 10.6 Å². The van der Waals surface area contributed by atoms with Crippen LogP contribution in [0.3, 0.4) is 0 Å². The molecule has 106 valence electrons. The van der Waals surface area contributed by atoms with Crippen LogP contribution in [0.15, 0.2) is 24.3 Å². The summed E-state index contributed by atoms with van der Waals surface area (Å²) >= 11 is 0. The summed E-state index contributed by atoms with van der Waals surface area (Å²) in [5.41, 5.74) is 8.39. The van der Waals surface area contributed by atoms with Crippen molar-refractivity contribution in [2.24, 2.45) is 5.73 Å². The van der Waals surface area contributed by atoms with Gasteiger partial charge in [0.15, 0.2) is 0 Å². The van der Waals surface area contributed by atoms with Crippen LogP contribution in [-0.4, -0.2) is 29.9 Å². The lowest BCUT2D eigenvalue weighted by molar-refractivity contribution is -0.130. The van der Waals surface area contributed by atoms with Gasteiger partial charge in [-0.05, 0) is 30.4 Å². The summed E-state index contributed by atoms with van der Waals surface area (Å²) in [6.07, 6.45) is 3.43. The van der Waals surface area contributed by atoms with E-state index in [0.717, 1.165) is 32.4 Å². The van der Waals surface area contributed by atoms with Gasteiger partial charge in [-0.2, -0.15) is 0 Å². The summed E-state index contributed by atoms with van der Waals surface area (Å²) in [4.78, 5) is 13.9. The van der Waals surface area contributed by atoms with Crippen LogP contribution in [0.25, 0.3) is 0 Å². The number of nitrogens with two attached hydrogens (primary N) is 1. The molecule has 0 unspecified atom stereocenters. The Labute approximate surface area is 121 Å². The highest BCUT2D eigenvalue weighted by atomic mass is 35.5. The molecular weight excluding hydrogens is 260 g/mol. The lowest BCUT2D eigenvalue weighted by Crippen LogP contribution is -2.31. The van der Waals surface area contributed by atoms with E-state index in [-0.39, 0.29) is 24.4 Å². The van der Waals surface area contributed by atoms with Crippen molar-refractivity contribution in [3.63, 3.8) is 0 Å². The lowest BCUT2D eigenvalue weighted by atomic mass is 10.1. The number of benzene rings is 1. The fourth-order valence-corrected chi connectivity index (χ4v) is 2.36. The van der Waals surface area contributed by atoms with Crippen LogP contribution in [0.4, 0.5) is 0 Å². The molecule has 4 heteroatoms. The molecule has 2 rings (SSSR count). The van der Waals surface area contributed by atoms with E-state index in [9.17, 15) is 4.79 Å². The zero-order chi connectivity index (χ0) is 13.0.